The van der Waals surface area contributed by atoms with Gasteiger partial charge in [-0.1, -0.05) is 25.1 Å². The molecule has 1 aliphatic heterocycles. The molecule has 1 heterocycles. The monoisotopic (exact) mass is 206 g/mol. The molecule has 0 spiro atoms. The molecule has 1 aromatic carbocycles. The number of hydrogen-bond acceptors (Lipinski definition) is 2. The molecular formula is C14H10N2. The highest BCUT2D eigenvalue weighted by Gasteiger charge is 2.25. The van der Waals surface area contributed by atoms with Gasteiger partial charge in [0.15, 0.2) is 0 Å². The van der Waals surface area contributed by atoms with Gasteiger partial charge in [0, 0.05) is 11.1 Å². The molecule has 0 amide bonds. The Morgan fingerprint density at radius 3 is 3.00 bits per heavy atom. The van der Waals surface area contributed by atoms with Crippen LogP contribution in [0.5, 0.6) is 0 Å². The highest BCUT2D eigenvalue weighted by molar-refractivity contribution is 6.36. The molecular weight excluding hydrogens is 196 g/mol. The van der Waals surface area contributed by atoms with Crippen molar-refractivity contribution >= 4 is 17.0 Å². The van der Waals surface area contributed by atoms with Gasteiger partial charge in [-0.3, -0.25) is 0 Å². The van der Waals surface area contributed by atoms with E-state index < -0.39 is 0 Å². The summed E-state index contributed by atoms with van der Waals surface area (Å²) < 4.78 is 0. The molecule has 2 aliphatic rings. The summed E-state index contributed by atoms with van der Waals surface area (Å²) in [5, 5.41) is 9.07. The first-order chi connectivity index (χ1) is 7.85. The molecule has 0 aromatic heterocycles. The zero-order valence-electron chi connectivity index (χ0n) is 8.99. The highest BCUT2D eigenvalue weighted by atomic mass is 14.8. The molecule has 76 valence electrons. The van der Waals surface area contributed by atoms with Crippen LogP contribution in [0.4, 0.5) is 5.69 Å². The molecule has 1 aliphatic carbocycles. The molecule has 0 saturated carbocycles. The average molecular weight is 206 g/mol. The largest absolute Gasteiger partial charge is 0.246 e. The summed E-state index contributed by atoms with van der Waals surface area (Å²) >= 11 is 0. The summed E-state index contributed by atoms with van der Waals surface area (Å²) in [6.07, 6.45) is 7.05. The second-order valence-electron chi connectivity index (χ2n) is 3.90. The predicted molar refractivity (Wildman–Crippen MR) is 64.7 cm³/mol. The van der Waals surface area contributed by atoms with Crippen LogP contribution in [-0.2, 0) is 6.42 Å². The first-order valence-electron chi connectivity index (χ1n) is 5.39. The van der Waals surface area contributed by atoms with Crippen molar-refractivity contribution in [2.75, 3.05) is 0 Å². The van der Waals surface area contributed by atoms with E-state index in [1.807, 2.05) is 24.3 Å². The number of aryl methyl sites for hydroxylation is 1. The molecule has 1 aromatic rings. The van der Waals surface area contributed by atoms with E-state index in [0.717, 1.165) is 23.4 Å². The number of aliphatic imine (C=N–C) groups is 1. The van der Waals surface area contributed by atoms with E-state index in [2.05, 4.69) is 24.1 Å². The summed E-state index contributed by atoms with van der Waals surface area (Å²) in [7, 11) is 0. The lowest BCUT2D eigenvalue weighted by Crippen LogP contribution is -1.93. The lowest BCUT2D eigenvalue weighted by atomic mass is 9.95. The number of hydrogen-bond donors (Lipinski definition) is 0. The van der Waals surface area contributed by atoms with Crippen LogP contribution >= 0.6 is 0 Å². The van der Waals surface area contributed by atoms with E-state index in [1.165, 1.54) is 11.1 Å². The van der Waals surface area contributed by atoms with Crippen LogP contribution < -0.4 is 0 Å². The molecule has 16 heavy (non-hydrogen) atoms. The number of rotatable bonds is 1. The molecule has 0 atom stereocenters. The van der Waals surface area contributed by atoms with Crippen LogP contribution in [0.2, 0.25) is 0 Å². The fraction of sp³-hybridized carbons (Fsp3) is 0.143. The molecule has 2 heteroatoms. The highest BCUT2D eigenvalue weighted by Crippen LogP contribution is 2.41. The lowest BCUT2D eigenvalue weighted by molar-refractivity contribution is 1.13. The van der Waals surface area contributed by atoms with Gasteiger partial charge in [0.1, 0.15) is 6.07 Å². The maximum atomic E-state index is 9.07. The SMILES string of the molecule is CCc1ccc(C#N)c2c1C1=CC=CC1=N2. The maximum Gasteiger partial charge on any atom is 0.101 e. The summed E-state index contributed by atoms with van der Waals surface area (Å²) in [5.74, 6) is 0. The third-order valence-corrected chi connectivity index (χ3v) is 3.06. The third-order valence-electron chi connectivity index (χ3n) is 3.06. The van der Waals surface area contributed by atoms with E-state index in [4.69, 9.17) is 5.26 Å². The van der Waals surface area contributed by atoms with Gasteiger partial charge in [-0.2, -0.15) is 5.26 Å². The molecule has 3 rings (SSSR count). The van der Waals surface area contributed by atoms with Gasteiger partial charge in [0.25, 0.3) is 0 Å². The Labute approximate surface area is 94.2 Å². The minimum Gasteiger partial charge on any atom is -0.246 e. The molecule has 0 saturated heterocycles. The number of benzene rings is 1. The summed E-state index contributed by atoms with van der Waals surface area (Å²) in [6.45, 7) is 2.13. The van der Waals surface area contributed by atoms with Crippen molar-refractivity contribution in [2.24, 2.45) is 4.99 Å². The molecule has 2 nitrogen and oxygen atoms in total. The normalized spacial score (nSPS) is 15.2. The zero-order valence-corrected chi connectivity index (χ0v) is 8.99. The summed E-state index contributed by atoms with van der Waals surface area (Å²) in [5.41, 5.74) is 6.11. The molecule has 0 radical (unpaired) electrons. The third kappa shape index (κ3) is 1.03. The van der Waals surface area contributed by atoms with Gasteiger partial charge in [-0.05, 0) is 24.1 Å². The maximum absolute atomic E-state index is 9.07. The van der Waals surface area contributed by atoms with Gasteiger partial charge < -0.3 is 0 Å². The van der Waals surface area contributed by atoms with Crippen LogP contribution in [-0.4, -0.2) is 5.71 Å². The fourth-order valence-electron chi connectivity index (χ4n) is 2.27. The Bertz CT molecular complexity index is 610. The Morgan fingerprint density at radius 2 is 2.25 bits per heavy atom. The van der Waals surface area contributed by atoms with Crippen molar-refractivity contribution in [3.63, 3.8) is 0 Å². The Kier molecular flexibility index (Phi) is 1.81. The predicted octanol–water partition coefficient (Wildman–Crippen LogP) is 3.16. The van der Waals surface area contributed by atoms with E-state index in [0.29, 0.717) is 5.56 Å². The van der Waals surface area contributed by atoms with Gasteiger partial charge in [-0.25, -0.2) is 4.99 Å². The van der Waals surface area contributed by atoms with Gasteiger partial charge in [-0.15, -0.1) is 0 Å². The smallest absolute Gasteiger partial charge is 0.101 e. The van der Waals surface area contributed by atoms with Crippen LogP contribution in [0.15, 0.2) is 35.4 Å². The standard InChI is InChI=1S/C14H10N2/c1-2-9-6-7-10(8-15)14-13(9)11-4-3-5-12(11)16-14/h3-7H,2H2,1H3. The summed E-state index contributed by atoms with van der Waals surface area (Å²) in [6, 6.07) is 6.11. The second-order valence-corrected chi connectivity index (χ2v) is 3.90. The van der Waals surface area contributed by atoms with Crippen LogP contribution in [0.25, 0.3) is 5.57 Å². The Balaban J connectivity index is 2.34. The Hall–Kier alpha value is -2.14. The molecule has 0 bridgehead atoms. The van der Waals surface area contributed by atoms with Crippen molar-refractivity contribution in [1.82, 2.24) is 0 Å². The van der Waals surface area contributed by atoms with Crippen LogP contribution in [0, 0.1) is 11.3 Å². The Morgan fingerprint density at radius 1 is 1.38 bits per heavy atom. The minimum absolute atomic E-state index is 0.670. The number of nitriles is 1. The second kappa shape index (κ2) is 3.18. The zero-order chi connectivity index (χ0) is 11.1. The minimum atomic E-state index is 0.670. The van der Waals surface area contributed by atoms with Crippen LogP contribution in [0.1, 0.15) is 23.6 Å². The molecule has 0 unspecified atom stereocenters. The number of nitrogens with zero attached hydrogens (tertiary/aromatic N) is 2. The number of fused-ring (bicyclic) bond motifs is 3. The van der Waals surface area contributed by atoms with Crippen molar-refractivity contribution in [3.05, 3.63) is 47.1 Å². The van der Waals surface area contributed by atoms with Gasteiger partial charge >= 0.3 is 0 Å². The summed E-state index contributed by atoms with van der Waals surface area (Å²) in [4.78, 5) is 4.53. The quantitative estimate of drug-likeness (QED) is 0.695. The number of allylic oxidation sites excluding steroid dienone is 4. The van der Waals surface area contributed by atoms with Crippen molar-refractivity contribution in [1.29, 1.82) is 5.26 Å². The van der Waals surface area contributed by atoms with Gasteiger partial charge in [0.05, 0.1) is 17.0 Å². The molecule has 0 fully saturated rings. The fourth-order valence-corrected chi connectivity index (χ4v) is 2.27. The van der Waals surface area contributed by atoms with Crippen molar-refractivity contribution in [3.8, 4) is 6.07 Å². The topological polar surface area (TPSA) is 36.1 Å². The first kappa shape index (κ1) is 9.11. The van der Waals surface area contributed by atoms with E-state index in [-0.39, 0.29) is 0 Å². The first-order valence-corrected chi connectivity index (χ1v) is 5.39. The average Bonchev–Trinajstić information content (AvgIpc) is 2.87. The lowest BCUT2D eigenvalue weighted by Gasteiger charge is -2.07. The molecule has 0 N–H and O–H groups in total. The van der Waals surface area contributed by atoms with Crippen molar-refractivity contribution in [2.45, 2.75) is 13.3 Å². The van der Waals surface area contributed by atoms with E-state index in [9.17, 15) is 0 Å². The van der Waals surface area contributed by atoms with Crippen LogP contribution in [0.3, 0.4) is 0 Å². The van der Waals surface area contributed by atoms with Crippen molar-refractivity contribution < 1.29 is 0 Å². The van der Waals surface area contributed by atoms with E-state index in [1.54, 1.807) is 0 Å². The van der Waals surface area contributed by atoms with E-state index >= 15 is 0 Å². The van der Waals surface area contributed by atoms with Gasteiger partial charge in [0.2, 0.25) is 0 Å².